The molecule has 62 heavy (non-hydrogen) atoms. The van der Waals surface area contributed by atoms with Crippen LogP contribution in [0.4, 0.5) is 0 Å². The van der Waals surface area contributed by atoms with Gasteiger partial charge in [-0.05, 0) is 84.8 Å². The Morgan fingerprint density at radius 3 is 1.65 bits per heavy atom. The molecule has 0 atom stereocenters. The Morgan fingerprint density at radius 1 is 0.500 bits per heavy atom. The summed E-state index contributed by atoms with van der Waals surface area (Å²) in [5, 5.41) is 7.90. The van der Waals surface area contributed by atoms with Gasteiger partial charge in [0.1, 0.15) is 11.3 Å². The Morgan fingerprint density at radius 2 is 1.03 bits per heavy atom. The summed E-state index contributed by atoms with van der Waals surface area (Å²) in [6.07, 6.45) is 5.62. The first kappa shape index (κ1) is 37.1. The van der Waals surface area contributed by atoms with Crippen LogP contribution in [0.1, 0.15) is 47.4 Å². The van der Waals surface area contributed by atoms with Gasteiger partial charge in [-0.25, -0.2) is 4.98 Å². The fraction of sp³-hybridized carbons (Fsp3) is 0.0508. The molecule has 1 aliphatic rings. The molecule has 0 spiro atoms. The molecule has 294 valence electrons. The summed E-state index contributed by atoms with van der Waals surface area (Å²) in [5.41, 5.74) is 14.1. The van der Waals surface area contributed by atoms with E-state index in [1.165, 1.54) is 44.2 Å². The summed E-state index contributed by atoms with van der Waals surface area (Å²) in [4.78, 5) is 10.6. The summed E-state index contributed by atoms with van der Waals surface area (Å²) in [5.74, 6) is 0.722. The van der Waals surface area contributed by atoms with Crippen LogP contribution in [0.3, 0.4) is 0 Å². The molecule has 0 saturated carbocycles. The van der Waals surface area contributed by atoms with E-state index in [9.17, 15) is 0 Å². The molecule has 1 aliphatic carbocycles. The van der Waals surface area contributed by atoms with Crippen LogP contribution in [0.25, 0.3) is 100.0 Å². The van der Waals surface area contributed by atoms with Crippen LogP contribution in [-0.2, 0) is 5.41 Å². The molecule has 0 amide bonds. The standard InChI is InChI=1S/C57H36N2O.C2H6/c1-3-40-52(4-2)60-56-48(31-35-17-11-12-22-41(35)53(40)56)36-27-29-44-45-30-28-37(33-50(45)57(49(44)32-36,38-18-7-5-8-19-38)39-20-9-6-10-21-39)51-34-58-54-46-25-15-13-23-42(46)43-24-14-16-26-47(43)55(54)59-51;1-2/h3-34H,1-2H2;1-2H3. The van der Waals surface area contributed by atoms with E-state index < -0.39 is 5.41 Å². The summed E-state index contributed by atoms with van der Waals surface area (Å²) >= 11 is 0. The third-order valence-electron chi connectivity index (χ3n) is 12.7. The first-order valence-electron chi connectivity index (χ1n) is 21.4. The first-order valence-corrected chi connectivity index (χ1v) is 21.4. The van der Waals surface area contributed by atoms with E-state index >= 15 is 0 Å². The lowest BCUT2D eigenvalue weighted by molar-refractivity contribution is 0.604. The van der Waals surface area contributed by atoms with Gasteiger partial charge in [0.05, 0.1) is 28.3 Å². The van der Waals surface area contributed by atoms with Gasteiger partial charge in [-0.15, -0.1) is 0 Å². The van der Waals surface area contributed by atoms with Gasteiger partial charge >= 0.3 is 0 Å². The maximum Gasteiger partial charge on any atom is 0.143 e. The minimum atomic E-state index is -0.649. The van der Waals surface area contributed by atoms with E-state index in [1.807, 2.05) is 26.1 Å². The number of aromatic nitrogens is 2. The van der Waals surface area contributed by atoms with E-state index in [1.54, 1.807) is 6.08 Å². The lowest BCUT2D eigenvalue weighted by atomic mass is 9.67. The molecule has 0 bridgehead atoms. The Bertz CT molecular complexity index is 3510. The van der Waals surface area contributed by atoms with Gasteiger partial charge in [-0.3, -0.25) is 4.98 Å². The molecule has 3 nitrogen and oxygen atoms in total. The Balaban J connectivity index is 0.00000213. The minimum Gasteiger partial charge on any atom is -0.455 e. The molecule has 0 saturated heterocycles. The van der Waals surface area contributed by atoms with Crippen LogP contribution >= 0.6 is 0 Å². The summed E-state index contributed by atoms with van der Waals surface area (Å²) in [6.45, 7) is 12.3. The first-order chi connectivity index (χ1) is 30.7. The molecule has 2 aromatic heterocycles. The van der Waals surface area contributed by atoms with Gasteiger partial charge < -0.3 is 4.42 Å². The van der Waals surface area contributed by atoms with Gasteiger partial charge in [0, 0.05) is 32.8 Å². The average molecular weight is 795 g/mol. The van der Waals surface area contributed by atoms with Crippen molar-refractivity contribution >= 4 is 66.5 Å². The van der Waals surface area contributed by atoms with E-state index in [0.29, 0.717) is 0 Å². The molecule has 12 rings (SSSR count). The lowest BCUT2D eigenvalue weighted by Gasteiger charge is -2.34. The van der Waals surface area contributed by atoms with Gasteiger partial charge in [0.25, 0.3) is 0 Å². The monoisotopic (exact) mass is 794 g/mol. The maximum atomic E-state index is 6.68. The van der Waals surface area contributed by atoms with Crippen LogP contribution in [0, 0.1) is 0 Å². The highest BCUT2D eigenvalue weighted by Crippen LogP contribution is 2.58. The van der Waals surface area contributed by atoms with Crippen LogP contribution in [0.5, 0.6) is 0 Å². The fourth-order valence-corrected chi connectivity index (χ4v) is 10.1. The van der Waals surface area contributed by atoms with Crippen LogP contribution in [-0.4, -0.2) is 9.97 Å². The van der Waals surface area contributed by atoms with Crippen molar-refractivity contribution in [3.8, 4) is 33.5 Å². The molecule has 0 unspecified atom stereocenters. The second-order valence-corrected chi connectivity index (χ2v) is 15.7. The zero-order chi connectivity index (χ0) is 42.0. The fourth-order valence-electron chi connectivity index (χ4n) is 10.1. The quantitative estimate of drug-likeness (QED) is 0.157. The number of hydrogen-bond acceptors (Lipinski definition) is 3. The number of furan rings is 1. The van der Waals surface area contributed by atoms with Gasteiger partial charge in [-0.1, -0.05) is 191 Å². The van der Waals surface area contributed by atoms with Crippen molar-refractivity contribution in [2.75, 3.05) is 0 Å². The summed E-state index contributed by atoms with van der Waals surface area (Å²) < 4.78 is 6.68. The molecule has 0 radical (unpaired) electrons. The van der Waals surface area contributed by atoms with E-state index in [2.05, 4.69) is 189 Å². The molecular formula is C59H42N2O. The van der Waals surface area contributed by atoms with E-state index in [0.717, 1.165) is 77.3 Å². The maximum absolute atomic E-state index is 6.68. The van der Waals surface area contributed by atoms with Crippen molar-refractivity contribution in [3.63, 3.8) is 0 Å². The van der Waals surface area contributed by atoms with Crippen LogP contribution in [0.2, 0.25) is 0 Å². The van der Waals surface area contributed by atoms with E-state index in [4.69, 9.17) is 14.4 Å². The Kier molecular flexibility index (Phi) is 8.80. The van der Waals surface area contributed by atoms with Crippen molar-refractivity contribution in [1.29, 1.82) is 0 Å². The van der Waals surface area contributed by atoms with E-state index in [-0.39, 0.29) is 0 Å². The van der Waals surface area contributed by atoms with Crippen LogP contribution in [0.15, 0.2) is 200 Å². The highest BCUT2D eigenvalue weighted by atomic mass is 16.3. The van der Waals surface area contributed by atoms with Crippen molar-refractivity contribution in [1.82, 2.24) is 9.97 Å². The molecular weight excluding hydrogens is 753 g/mol. The van der Waals surface area contributed by atoms with Crippen LogP contribution < -0.4 is 0 Å². The summed E-state index contributed by atoms with van der Waals surface area (Å²) in [7, 11) is 0. The summed E-state index contributed by atoms with van der Waals surface area (Å²) in [6, 6.07) is 63.5. The molecule has 3 heteroatoms. The van der Waals surface area contributed by atoms with Gasteiger partial charge in [0.2, 0.25) is 0 Å². The lowest BCUT2D eigenvalue weighted by Crippen LogP contribution is -2.28. The molecule has 9 aromatic carbocycles. The molecule has 0 fully saturated rings. The van der Waals surface area contributed by atoms with Crippen molar-refractivity contribution < 1.29 is 4.42 Å². The van der Waals surface area contributed by atoms with Crippen molar-refractivity contribution in [2.24, 2.45) is 0 Å². The minimum absolute atomic E-state index is 0.649. The number of hydrogen-bond donors (Lipinski definition) is 0. The third kappa shape index (κ3) is 5.31. The molecule has 0 N–H and O–H groups in total. The third-order valence-corrected chi connectivity index (χ3v) is 12.7. The average Bonchev–Trinajstić information content (AvgIpc) is 3.88. The largest absolute Gasteiger partial charge is 0.455 e. The predicted molar refractivity (Wildman–Crippen MR) is 262 cm³/mol. The number of fused-ring (bicyclic) bond motifs is 12. The number of rotatable bonds is 6. The topological polar surface area (TPSA) is 38.9 Å². The normalized spacial score (nSPS) is 12.6. The Labute approximate surface area is 361 Å². The smallest absolute Gasteiger partial charge is 0.143 e. The second-order valence-electron chi connectivity index (χ2n) is 15.7. The highest BCUT2D eigenvalue weighted by Gasteiger charge is 2.46. The molecule has 0 aliphatic heterocycles. The molecule has 2 heterocycles. The zero-order valence-electron chi connectivity index (χ0n) is 34.7. The molecule has 11 aromatic rings. The SMILES string of the molecule is C=Cc1oc2c(-c3ccc4c(c3)C(c3ccccc3)(c3ccccc3)c3cc(-c5cnc6c7ccccc7c7ccccc7c6n5)ccc3-4)cc3ccccc3c2c1C=C.CC. The second kappa shape index (κ2) is 14.7. The number of benzene rings is 9. The Hall–Kier alpha value is -7.88. The zero-order valence-corrected chi connectivity index (χ0v) is 34.7. The van der Waals surface area contributed by atoms with Crippen molar-refractivity contribution in [2.45, 2.75) is 19.3 Å². The highest BCUT2D eigenvalue weighted by molar-refractivity contribution is 6.23. The predicted octanol–water partition coefficient (Wildman–Crippen LogP) is 15.8. The van der Waals surface area contributed by atoms with Gasteiger partial charge in [-0.2, -0.15) is 0 Å². The van der Waals surface area contributed by atoms with Crippen molar-refractivity contribution in [3.05, 3.63) is 229 Å². The van der Waals surface area contributed by atoms with Gasteiger partial charge in [0.15, 0.2) is 0 Å². The number of nitrogens with zero attached hydrogens (tertiary/aromatic N) is 2.